The van der Waals surface area contributed by atoms with Gasteiger partial charge in [-0.15, -0.1) is 0 Å². The molecule has 1 atom stereocenters. The highest BCUT2D eigenvalue weighted by atomic mass is 16.4. The van der Waals surface area contributed by atoms with Gasteiger partial charge in [-0.3, -0.25) is 9.58 Å². The van der Waals surface area contributed by atoms with Crippen LogP contribution >= 0.6 is 0 Å². The summed E-state index contributed by atoms with van der Waals surface area (Å²) in [6, 6.07) is 0.451. The number of aromatic nitrogens is 2. The first kappa shape index (κ1) is 15.3. The zero-order valence-corrected chi connectivity index (χ0v) is 13.5. The van der Waals surface area contributed by atoms with Gasteiger partial charge < -0.3 is 5.11 Å². The van der Waals surface area contributed by atoms with Gasteiger partial charge in [0.1, 0.15) is 0 Å². The van der Waals surface area contributed by atoms with Crippen LogP contribution in [0.5, 0.6) is 0 Å². The van der Waals surface area contributed by atoms with E-state index in [0.717, 1.165) is 56.6 Å². The first-order chi connectivity index (χ1) is 10.6. The largest absolute Gasteiger partial charge is 0.476 e. The fourth-order valence-corrected chi connectivity index (χ4v) is 3.64. The Hall–Kier alpha value is -1.62. The van der Waals surface area contributed by atoms with Gasteiger partial charge in [-0.25, -0.2) is 4.79 Å². The summed E-state index contributed by atoms with van der Waals surface area (Å²) < 4.78 is 1.94. The van der Waals surface area contributed by atoms with Crippen LogP contribution in [0.2, 0.25) is 0 Å². The van der Waals surface area contributed by atoms with Crippen LogP contribution in [0.3, 0.4) is 0 Å². The summed E-state index contributed by atoms with van der Waals surface area (Å²) in [6.07, 6.45) is 8.41. The van der Waals surface area contributed by atoms with Crippen molar-refractivity contribution in [2.75, 3.05) is 13.1 Å². The summed E-state index contributed by atoms with van der Waals surface area (Å²) in [4.78, 5) is 14.0. The molecule has 0 amide bonds. The van der Waals surface area contributed by atoms with Crippen molar-refractivity contribution in [1.29, 1.82) is 0 Å². The maximum absolute atomic E-state index is 11.6. The van der Waals surface area contributed by atoms with Crippen molar-refractivity contribution in [3.05, 3.63) is 29.1 Å². The Morgan fingerprint density at radius 1 is 1.45 bits per heavy atom. The van der Waals surface area contributed by atoms with E-state index in [4.69, 9.17) is 0 Å². The van der Waals surface area contributed by atoms with Crippen molar-refractivity contribution in [1.82, 2.24) is 14.7 Å². The minimum atomic E-state index is -0.891. The molecule has 3 rings (SSSR count). The highest BCUT2D eigenvalue weighted by molar-refractivity contribution is 5.87. The van der Waals surface area contributed by atoms with E-state index in [1.165, 1.54) is 0 Å². The van der Waals surface area contributed by atoms with Gasteiger partial charge in [-0.2, -0.15) is 5.10 Å². The highest BCUT2D eigenvalue weighted by Gasteiger charge is 2.31. The molecule has 5 heteroatoms. The molecule has 5 nitrogen and oxygen atoms in total. The Labute approximate surface area is 131 Å². The topological polar surface area (TPSA) is 58.4 Å². The number of rotatable bonds is 4. The molecule has 0 saturated heterocycles. The van der Waals surface area contributed by atoms with E-state index in [0.29, 0.717) is 12.0 Å². The molecule has 0 fully saturated rings. The van der Waals surface area contributed by atoms with Crippen molar-refractivity contribution in [3.8, 4) is 0 Å². The maximum atomic E-state index is 11.6. The molecule has 1 aromatic heterocycles. The molecule has 2 aliphatic rings. The second-order valence-corrected chi connectivity index (χ2v) is 6.81. The lowest BCUT2D eigenvalue weighted by Crippen LogP contribution is -2.41. The van der Waals surface area contributed by atoms with E-state index in [1.54, 1.807) is 0 Å². The normalized spacial score (nSPS) is 22.0. The fourth-order valence-electron chi connectivity index (χ4n) is 3.64. The monoisotopic (exact) mass is 303 g/mol. The van der Waals surface area contributed by atoms with Crippen LogP contribution in [-0.2, 0) is 19.4 Å². The second kappa shape index (κ2) is 6.24. The van der Waals surface area contributed by atoms with Crippen molar-refractivity contribution >= 4 is 5.97 Å². The number of nitrogens with zero attached hydrogens (tertiary/aromatic N) is 3. The van der Waals surface area contributed by atoms with Crippen LogP contribution in [0.1, 0.15) is 48.4 Å². The third-order valence-corrected chi connectivity index (χ3v) is 4.67. The van der Waals surface area contributed by atoms with Gasteiger partial charge in [0, 0.05) is 36.9 Å². The van der Waals surface area contributed by atoms with Crippen molar-refractivity contribution in [3.63, 3.8) is 0 Å². The highest BCUT2D eigenvalue weighted by Crippen LogP contribution is 2.28. The number of aromatic carboxylic acids is 1. The minimum Gasteiger partial charge on any atom is -0.476 e. The number of hydrogen-bond acceptors (Lipinski definition) is 3. The first-order valence-corrected chi connectivity index (χ1v) is 8.27. The first-order valence-electron chi connectivity index (χ1n) is 8.27. The molecule has 1 aromatic rings. The van der Waals surface area contributed by atoms with Crippen molar-refractivity contribution < 1.29 is 9.90 Å². The van der Waals surface area contributed by atoms with E-state index in [2.05, 4.69) is 36.0 Å². The van der Waals surface area contributed by atoms with E-state index >= 15 is 0 Å². The van der Waals surface area contributed by atoms with Crippen LogP contribution in [0.4, 0.5) is 0 Å². The lowest BCUT2D eigenvalue weighted by Gasteiger charge is -2.35. The van der Waals surface area contributed by atoms with Crippen LogP contribution in [0.15, 0.2) is 12.2 Å². The zero-order chi connectivity index (χ0) is 15.7. The SMILES string of the molecule is CC(C)Cn1nc(C(=O)O)c2c1CC[C@@H](N1CC=CCC1)C2. The zero-order valence-electron chi connectivity index (χ0n) is 13.5. The molecular weight excluding hydrogens is 278 g/mol. The van der Waals surface area contributed by atoms with E-state index in [9.17, 15) is 9.90 Å². The Balaban J connectivity index is 1.87. The predicted octanol–water partition coefficient (Wildman–Crippen LogP) is 2.36. The van der Waals surface area contributed by atoms with Crippen LogP contribution in [-0.4, -0.2) is 44.9 Å². The summed E-state index contributed by atoms with van der Waals surface area (Å²) in [5.41, 5.74) is 2.39. The Morgan fingerprint density at radius 2 is 2.27 bits per heavy atom. The number of fused-ring (bicyclic) bond motifs is 1. The van der Waals surface area contributed by atoms with Gasteiger partial charge in [0.25, 0.3) is 0 Å². The molecule has 120 valence electrons. The van der Waals surface area contributed by atoms with Gasteiger partial charge >= 0.3 is 5.97 Å². The standard InChI is InChI=1S/C17H25N3O2/c1-12(2)11-20-15-7-6-13(19-8-4-3-5-9-19)10-14(15)16(18-20)17(21)22/h3-4,12-13H,5-11H2,1-2H3,(H,21,22)/t13-/m1/s1. The molecule has 0 spiro atoms. The lowest BCUT2D eigenvalue weighted by molar-refractivity contribution is 0.0687. The van der Waals surface area contributed by atoms with Crippen molar-refractivity contribution in [2.24, 2.45) is 5.92 Å². The van der Waals surface area contributed by atoms with Crippen LogP contribution < -0.4 is 0 Å². The fraction of sp³-hybridized carbons (Fsp3) is 0.647. The van der Waals surface area contributed by atoms with Gasteiger partial charge in [0.15, 0.2) is 5.69 Å². The van der Waals surface area contributed by atoms with Crippen molar-refractivity contribution in [2.45, 2.75) is 52.1 Å². The number of hydrogen-bond donors (Lipinski definition) is 1. The smallest absolute Gasteiger partial charge is 0.356 e. The third-order valence-electron chi connectivity index (χ3n) is 4.67. The Kier molecular flexibility index (Phi) is 4.34. The van der Waals surface area contributed by atoms with E-state index in [1.807, 2.05) is 4.68 Å². The van der Waals surface area contributed by atoms with E-state index < -0.39 is 5.97 Å². The van der Waals surface area contributed by atoms with Gasteiger partial charge in [0.05, 0.1) is 0 Å². The van der Waals surface area contributed by atoms with E-state index in [-0.39, 0.29) is 5.69 Å². The average molecular weight is 303 g/mol. The van der Waals surface area contributed by atoms with Gasteiger partial charge in [-0.05, 0) is 31.6 Å². The minimum absolute atomic E-state index is 0.271. The summed E-state index contributed by atoms with van der Waals surface area (Å²) >= 11 is 0. The quantitative estimate of drug-likeness (QED) is 0.868. The van der Waals surface area contributed by atoms with Crippen LogP contribution in [0.25, 0.3) is 0 Å². The predicted molar refractivity (Wildman–Crippen MR) is 85.2 cm³/mol. The van der Waals surface area contributed by atoms with Crippen LogP contribution in [0, 0.1) is 5.92 Å². The lowest BCUT2D eigenvalue weighted by atomic mass is 9.89. The number of carboxylic acids is 1. The summed E-state index contributed by atoms with van der Waals surface area (Å²) in [5.74, 6) is -0.423. The molecule has 0 saturated carbocycles. The Morgan fingerprint density at radius 3 is 2.91 bits per heavy atom. The third kappa shape index (κ3) is 2.95. The second-order valence-electron chi connectivity index (χ2n) is 6.81. The molecule has 1 aliphatic heterocycles. The van der Waals surface area contributed by atoms with Gasteiger partial charge in [0.2, 0.25) is 0 Å². The maximum Gasteiger partial charge on any atom is 0.356 e. The molecule has 0 bridgehead atoms. The number of carbonyl (C=O) groups is 1. The molecule has 2 heterocycles. The molecule has 1 aliphatic carbocycles. The average Bonchev–Trinajstić information content (AvgIpc) is 2.86. The Bertz CT molecular complexity index is 589. The van der Waals surface area contributed by atoms with Gasteiger partial charge in [-0.1, -0.05) is 26.0 Å². The molecule has 0 unspecified atom stereocenters. The molecule has 0 radical (unpaired) electrons. The molecule has 1 N–H and O–H groups in total. The number of carboxylic acid groups (broad SMARTS) is 1. The molecular formula is C17H25N3O2. The summed E-state index contributed by atoms with van der Waals surface area (Å²) in [6.45, 7) is 7.15. The molecule has 0 aromatic carbocycles. The molecule has 22 heavy (non-hydrogen) atoms. The summed E-state index contributed by atoms with van der Waals surface area (Å²) in [5, 5.41) is 13.9. The summed E-state index contributed by atoms with van der Waals surface area (Å²) in [7, 11) is 0.